The van der Waals surface area contributed by atoms with Crippen molar-refractivity contribution in [3.8, 4) is 5.75 Å². The highest BCUT2D eigenvalue weighted by atomic mass is 16.5. The number of carbonyl (C=O) groups excluding carboxylic acids is 2. The van der Waals surface area contributed by atoms with Crippen LogP contribution in [0.2, 0.25) is 0 Å². The van der Waals surface area contributed by atoms with Gasteiger partial charge in [-0.3, -0.25) is 9.59 Å². The van der Waals surface area contributed by atoms with Gasteiger partial charge in [0.25, 0.3) is 5.91 Å². The zero-order chi connectivity index (χ0) is 18.2. The number of aryl methyl sites for hydroxylation is 1. The second-order valence-corrected chi connectivity index (χ2v) is 5.94. The molecule has 0 bridgehead atoms. The van der Waals surface area contributed by atoms with Crippen LogP contribution in [0, 0.1) is 6.92 Å². The molecule has 0 spiro atoms. The van der Waals surface area contributed by atoms with E-state index in [4.69, 9.17) is 4.74 Å². The summed E-state index contributed by atoms with van der Waals surface area (Å²) in [5, 5.41) is 5.61. The van der Waals surface area contributed by atoms with Gasteiger partial charge in [0.05, 0.1) is 0 Å². The number of carbonyl (C=O) groups is 2. The second kappa shape index (κ2) is 8.87. The van der Waals surface area contributed by atoms with Crippen molar-refractivity contribution in [2.24, 2.45) is 0 Å². The van der Waals surface area contributed by atoms with Gasteiger partial charge in [0.15, 0.2) is 6.10 Å². The van der Waals surface area contributed by atoms with Crippen molar-refractivity contribution in [1.29, 1.82) is 0 Å². The van der Waals surface area contributed by atoms with E-state index in [0.29, 0.717) is 23.5 Å². The number of rotatable bonds is 7. The van der Waals surface area contributed by atoms with Gasteiger partial charge >= 0.3 is 0 Å². The van der Waals surface area contributed by atoms with E-state index < -0.39 is 6.10 Å². The fourth-order valence-electron chi connectivity index (χ4n) is 2.21. The van der Waals surface area contributed by atoms with E-state index in [2.05, 4.69) is 10.6 Å². The third kappa shape index (κ3) is 5.95. The van der Waals surface area contributed by atoms with Gasteiger partial charge in [-0.05, 0) is 56.7 Å². The Morgan fingerprint density at radius 2 is 1.52 bits per heavy atom. The number of ether oxygens (including phenoxy) is 1. The summed E-state index contributed by atoms with van der Waals surface area (Å²) >= 11 is 0. The second-order valence-electron chi connectivity index (χ2n) is 5.94. The van der Waals surface area contributed by atoms with Gasteiger partial charge < -0.3 is 15.4 Å². The molecule has 1 unspecified atom stereocenters. The minimum absolute atomic E-state index is 0.0144. The molecule has 2 aromatic carbocycles. The van der Waals surface area contributed by atoms with E-state index in [9.17, 15) is 9.59 Å². The van der Waals surface area contributed by atoms with Crippen molar-refractivity contribution in [1.82, 2.24) is 0 Å². The minimum atomic E-state index is -0.619. The van der Waals surface area contributed by atoms with Crippen LogP contribution in [0.5, 0.6) is 5.75 Å². The monoisotopic (exact) mass is 340 g/mol. The van der Waals surface area contributed by atoms with Crippen LogP contribution in [0.4, 0.5) is 11.4 Å². The standard InChI is InChI=1S/C20H24N2O3/c1-4-5-19(23)21-16-8-10-17(11-9-16)22-20(24)15(3)25-18-12-6-14(2)7-13-18/h6-13,15H,4-5H2,1-3H3,(H,21,23)(H,22,24). The van der Waals surface area contributed by atoms with Crippen molar-refractivity contribution >= 4 is 23.2 Å². The van der Waals surface area contributed by atoms with Gasteiger partial charge in [-0.2, -0.15) is 0 Å². The van der Waals surface area contributed by atoms with Crippen LogP contribution in [0.15, 0.2) is 48.5 Å². The largest absolute Gasteiger partial charge is 0.481 e. The van der Waals surface area contributed by atoms with Gasteiger partial charge in [-0.1, -0.05) is 24.6 Å². The molecule has 0 aromatic heterocycles. The zero-order valence-electron chi connectivity index (χ0n) is 14.8. The highest BCUT2D eigenvalue weighted by Crippen LogP contribution is 2.16. The van der Waals surface area contributed by atoms with Gasteiger partial charge in [0, 0.05) is 17.8 Å². The molecule has 0 aliphatic heterocycles. The van der Waals surface area contributed by atoms with Crippen molar-refractivity contribution in [3.63, 3.8) is 0 Å². The summed E-state index contributed by atoms with van der Waals surface area (Å²) in [4.78, 5) is 23.8. The number of hydrogen-bond acceptors (Lipinski definition) is 3. The molecule has 0 saturated heterocycles. The molecule has 2 rings (SSSR count). The molecule has 0 saturated carbocycles. The average Bonchev–Trinajstić information content (AvgIpc) is 2.59. The minimum Gasteiger partial charge on any atom is -0.481 e. The maximum Gasteiger partial charge on any atom is 0.265 e. The molecule has 5 heteroatoms. The van der Waals surface area contributed by atoms with E-state index in [1.807, 2.05) is 38.1 Å². The predicted molar refractivity (Wildman–Crippen MR) is 99.9 cm³/mol. The fraction of sp³-hybridized carbons (Fsp3) is 0.300. The average molecular weight is 340 g/mol. The first-order valence-electron chi connectivity index (χ1n) is 8.42. The van der Waals surface area contributed by atoms with Gasteiger partial charge in [0.2, 0.25) is 5.91 Å². The third-order valence-electron chi connectivity index (χ3n) is 3.62. The van der Waals surface area contributed by atoms with Crippen LogP contribution in [0.1, 0.15) is 32.3 Å². The number of benzene rings is 2. The number of nitrogens with one attached hydrogen (secondary N) is 2. The van der Waals surface area contributed by atoms with Crippen LogP contribution in [-0.4, -0.2) is 17.9 Å². The summed E-state index contributed by atoms with van der Waals surface area (Å²) < 4.78 is 5.64. The lowest BCUT2D eigenvalue weighted by Crippen LogP contribution is -2.30. The Labute approximate surface area is 148 Å². The molecule has 2 amide bonds. The number of hydrogen-bond donors (Lipinski definition) is 2. The molecule has 5 nitrogen and oxygen atoms in total. The van der Waals surface area contributed by atoms with Gasteiger partial charge in [-0.15, -0.1) is 0 Å². The normalized spacial score (nSPS) is 11.5. The molecule has 2 N–H and O–H groups in total. The summed E-state index contributed by atoms with van der Waals surface area (Å²) in [6, 6.07) is 14.6. The third-order valence-corrected chi connectivity index (χ3v) is 3.62. The lowest BCUT2D eigenvalue weighted by molar-refractivity contribution is -0.122. The quantitative estimate of drug-likeness (QED) is 0.796. The topological polar surface area (TPSA) is 67.4 Å². The van der Waals surface area contributed by atoms with Crippen molar-refractivity contribution in [3.05, 3.63) is 54.1 Å². The van der Waals surface area contributed by atoms with Crippen LogP contribution >= 0.6 is 0 Å². The highest BCUT2D eigenvalue weighted by Gasteiger charge is 2.14. The summed E-state index contributed by atoms with van der Waals surface area (Å²) in [5.74, 6) is 0.407. The van der Waals surface area contributed by atoms with Crippen molar-refractivity contribution in [2.75, 3.05) is 10.6 Å². The molecular weight excluding hydrogens is 316 g/mol. The fourth-order valence-corrected chi connectivity index (χ4v) is 2.21. The van der Waals surface area contributed by atoms with Crippen LogP contribution in [0.3, 0.4) is 0 Å². The SMILES string of the molecule is CCCC(=O)Nc1ccc(NC(=O)C(C)Oc2ccc(C)cc2)cc1. The van der Waals surface area contributed by atoms with Crippen molar-refractivity contribution in [2.45, 2.75) is 39.7 Å². The highest BCUT2D eigenvalue weighted by molar-refractivity contribution is 5.95. The summed E-state index contributed by atoms with van der Waals surface area (Å²) in [6.45, 7) is 5.65. The molecule has 0 heterocycles. The van der Waals surface area contributed by atoms with E-state index in [1.54, 1.807) is 31.2 Å². The van der Waals surface area contributed by atoms with E-state index >= 15 is 0 Å². The van der Waals surface area contributed by atoms with Gasteiger partial charge in [-0.25, -0.2) is 0 Å². The summed E-state index contributed by atoms with van der Waals surface area (Å²) in [5.41, 5.74) is 2.49. The Kier molecular flexibility index (Phi) is 6.57. The first-order chi connectivity index (χ1) is 12.0. The lowest BCUT2D eigenvalue weighted by Gasteiger charge is -2.15. The Hall–Kier alpha value is -2.82. The molecule has 0 aliphatic carbocycles. The Bertz CT molecular complexity index is 709. The first-order valence-corrected chi connectivity index (χ1v) is 8.42. The molecule has 25 heavy (non-hydrogen) atoms. The van der Waals surface area contributed by atoms with Gasteiger partial charge in [0.1, 0.15) is 5.75 Å². The molecule has 0 radical (unpaired) electrons. The van der Waals surface area contributed by atoms with Crippen LogP contribution in [0.25, 0.3) is 0 Å². The van der Waals surface area contributed by atoms with E-state index in [0.717, 1.165) is 12.0 Å². The van der Waals surface area contributed by atoms with Crippen molar-refractivity contribution < 1.29 is 14.3 Å². The maximum atomic E-state index is 12.2. The van der Waals surface area contributed by atoms with Crippen LogP contribution < -0.4 is 15.4 Å². The molecule has 132 valence electrons. The Balaban J connectivity index is 1.88. The van der Waals surface area contributed by atoms with E-state index in [-0.39, 0.29) is 11.8 Å². The van der Waals surface area contributed by atoms with Crippen LogP contribution in [-0.2, 0) is 9.59 Å². The molecule has 0 aliphatic rings. The first kappa shape index (κ1) is 18.5. The summed E-state index contributed by atoms with van der Waals surface area (Å²) in [6.07, 6.45) is 0.678. The van der Waals surface area contributed by atoms with E-state index in [1.165, 1.54) is 0 Å². The smallest absolute Gasteiger partial charge is 0.265 e. The Morgan fingerprint density at radius 1 is 0.960 bits per heavy atom. The molecule has 1 atom stereocenters. The number of amides is 2. The molecule has 0 fully saturated rings. The predicted octanol–water partition coefficient (Wildman–Crippen LogP) is 4.14. The maximum absolute atomic E-state index is 12.2. The molecular formula is C20H24N2O3. The zero-order valence-corrected chi connectivity index (χ0v) is 14.8. The summed E-state index contributed by atoms with van der Waals surface area (Å²) in [7, 11) is 0. The Morgan fingerprint density at radius 3 is 2.08 bits per heavy atom. The lowest BCUT2D eigenvalue weighted by atomic mass is 10.2. The number of anilines is 2. The molecule has 2 aromatic rings.